The molecule has 6 nitrogen and oxygen atoms in total. The average molecular weight is 333 g/mol. The van der Waals surface area contributed by atoms with Crippen molar-refractivity contribution in [3.05, 3.63) is 24.3 Å². The predicted octanol–water partition coefficient (Wildman–Crippen LogP) is 2.12. The van der Waals surface area contributed by atoms with E-state index in [1.165, 1.54) is 4.90 Å². The quantitative estimate of drug-likeness (QED) is 0.855. The minimum absolute atomic E-state index is 0.0507. The fourth-order valence-corrected chi connectivity index (χ4v) is 2.76. The molecule has 0 spiro atoms. The van der Waals surface area contributed by atoms with Crippen molar-refractivity contribution in [2.45, 2.75) is 51.4 Å². The zero-order chi connectivity index (χ0) is 17.5. The predicted molar refractivity (Wildman–Crippen MR) is 90.8 cm³/mol. The first kappa shape index (κ1) is 17.1. The van der Waals surface area contributed by atoms with Gasteiger partial charge in [0.25, 0.3) is 0 Å². The van der Waals surface area contributed by atoms with Gasteiger partial charge in [0.2, 0.25) is 0 Å². The molecule has 0 aliphatic carbocycles. The van der Waals surface area contributed by atoms with E-state index >= 15 is 0 Å². The van der Waals surface area contributed by atoms with Crippen LogP contribution < -0.4 is 10.2 Å². The summed E-state index contributed by atoms with van der Waals surface area (Å²) in [6.07, 6.45) is -0.0378. The number of hydrogen-bond donors (Lipinski definition) is 1. The fraction of sp³-hybridized carbons (Fsp3) is 0.588. The van der Waals surface area contributed by atoms with Gasteiger partial charge in [0.05, 0.1) is 17.2 Å². The van der Waals surface area contributed by atoms with Crippen molar-refractivity contribution in [3.63, 3.8) is 0 Å². The largest absolute Gasteiger partial charge is 0.494 e. The van der Waals surface area contributed by atoms with Crippen LogP contribution in [0.2, 0.25) is 0 Å². The molecule has 1 aromatic carbocycles. The summed E-state index contributed by atoms with van der Waals surface area (Å²) in [5.41, 5.74) is 0.214. The second kappa shape index (κ2) is 5.97. The van der Waals surface area contributed by atoms with Crippen molar-refractivity contribution in [1.82, 2.24) is 4.90 Å². The fourth-order valence-electron chi connectivity index (χ4n) is 2.76. The van der Waals surface area contributed by atoms with Crippen LogP contribution in [-0.4, -0.2) is 53.6 Å². The number of rotatable bonds is 4. The molecule has 1 amide bonds. The van der Waals surface area contributed by atoms with Crippen molar-refractivity contribution >= 4 is 18.7 Å². The van der Waals surface area contributed by atoms with Crippen LogP contribution in [0, 0.1) is 0 Å². The van der Waals surface area contributed by atoms with Crippen molar-refractivity contribution in [1.29, 1.82) is 0 Å². The van der Waals surface area contributed by atoms with Crippen molar-refractivity contribution in [3.8, 4) is 5.75 Å². The maximum Gasteiger partial charge on any atom is 0.494 e. The van der Waals surface area contributed by atoms with Crippen LogP contribution in [0.4, 0.5) is 4.79 Å². The van der Waals surface area contributed by atoms with Gasteiger partial charge in [-0.25, -0.2) is 4.79 Å². The molecule has 0 aromatic heterocycles. The Hall–Kier alpha value is -1.73. The van der Waals surface area contributed by atoms with Gasteiger partial charge in [0, 0.05) is 6.54 Å². The molecule has 2 aliphatic heterocycles. The van der Waals surface area contributed by atoms with Gasteiger partial charge in [-0.2, -0.15) is 0 Å². The van der Waals surface area contributed by atoms with Crippen LogP contribution in [0.5, 0.6) is 5.75 Å². The lowest BCUT2D eigenvalue weighted by Crippen LogP contribution is -2.53. The van der Waals surface area contributed by atoms with Crippen LogP contribution in [0.15, 0.2) is 24.3 Å². The molecular weight excluding hydrogens is 309 g/mol. The highest BCUT2D eigenvalue weighted by molar-refractivity contribution is 6.62. The highest BCUT2D eigenvalue weighted by atomic mass is 16.7. The second-order valence-corrected chi connectivity index (χ2v) is 7.39. The van der Waals surface area contributed by atoms with Gasteiger partial charge < -0.3 is 24.1 Å². The van der Waals surface area contributed by atoms with Gasteiger partial charge in [-0.05, 0) is 51.7 Å². The van der Waals surface area contributed by atoms with Crippen LogP contribution in [-0.2, 0) is 9.31 Å². The first-order chi connectivity index (χ1) is 11.2. The van der Waals surface area contributed by atoms with Gasteiger partial charge in [0.15, 0.2) is 0 Å². The number of ether oxygens (including phenoxy) is 1. The summed E-state index contributed by atoms with van der Waals surface area (Å²) in [6, 6.07) is 7.53. The number of likely N-dealkylation sites (tertiary alicyclic amines) is 1. The molecule has 7 heteroatoms. The highest BCUT2D eigenvalue weighted by Gasteiger charge is 2.51. The van der Waals surface area contributed by atoms with Crippen LogP contribution in [0.25, 0.3) is 0 Å². The zero-order valence-electron chi connectivity index (χ0n) is 14.6. The third-order valence-corrected chi connectivity index (χ3v) is 5.24. The van der Waals surface area contributed by atoms with E-state index in [4.69, 9.17) is 19.2 Å². The van der Waals surface area contributed by atoms with Crippen LogP contribution >= 0.6 is 0 Å². The molecule has 130 valence electrons. The third kappa shape index (κ3) is 3.10. The molecule has 3 rings (SSSR count). The van der Waals surface area contributed by atoms with Gasteiger partial charge in [-0.1, -0.05) is 12.1 Å². The zero-order valence-corrected chi connectivity index (χ0v) is 14.6. The summed E-state index contributed by atoms with van der Waals surface area (Å²) in [5.74, 6) is 0.715. The summed E-state index contributed by atoms with van der Waals surface area (Å²) in [7, 11) is -0.391. The molecule has 2 heterocycles. The van der Waals surface area contributed by atoms with E-state index in [0.717, 1.165) is 11.9 Å². The maximum atomic E-state index is 10.9. The Morgan fingerprint density at radius 3 is 2.29 bits per heavy atom. The molecule has 0 unspecified atom stereocenters. The van der Waals surface area contributed by atoms with Crippen molar-refractivity contribution < 1.29 is 23.9 Å². The molecule has 2 aliphatic rings. The Kier molecular flexibility index (Phi) is 4.26. The number of benzene rings is 1. The average Bonchev–Trinajstić information content (AvgIpc) is 2.66. The molecule has 1 aromatic rings. The smallest absolute Gasteiger partial charge is 0.491 e. The molecule has 1 atom stereocenters. The molecular formula is C17H24BNO5. The second-order valence-electron chi connectivity index (χ2n) is 7.39. The summed E-state index contributed by atoms with van der Waals surface area (Å²) in [6.45, 7) is 9.07. The van der Waals surface area contributed by atoms with Crippen molar-refractivity contribution in [2.75, 3.05) is 13.2 Å². The number of carbonyl (C=O) groups is 1. The molecule has 0 bridgehead atoms. The monoisotopic (exact) mass is 333 g/mol. The van der Waals surface area contributed by atoms with E-state index in [1.807, 2.05) is 52.0 Å². The number of carboxylic acid groups (broad SMARTS) is 1. The van der Waals surface area contributed by atoms with E-state index in [9.17, 15) is 4.79 Å². The normalized spacial score (nSPS) is 24.6. The first-order valence-electron chi connectivity index (χ1n) is 8.27. The van der Waals surface area contributed by atoms with E-state index in [2.05, 4.69) is 0 Å². The lowest BCUT2D eigenvalue weighted by atomic mass is 9.79. The van der Waals surface area contributed by atoms with Gasteiger partial charge in [-0.15, -0.1) is 0 Å². The van der Waals surface area contributed by atoms with Crippen LogP contribution in [0.1, 0.15) is 34.1 Å². The van der Waals surface area contributed by atoms with E-state index in [1.54, 1.807) is 0 Å². The Morgan fingerprint density at radius 1 is 1.25 bits per heavy atom. The number of hydrogen-bond acceptors (Lipinski definition) is 4. The molecule has 0 saturated carbocycles. The molecule has 1 N–H and O–H groups in total. The SMILES string of the molecule is CC1(C)OB(c2ccc(OC[C@@H]3CCN3C(=O)O)cc2)OC1(C)C. The number of amides is 1. The molecule has 2 saturated heterocycles. The Morgan fingerprint density at radius 2 is 1.83 bits per heavy atom. The first-order valence-corrected chi connectivity index (χ1v) is 8.27. The summed E-state index contributed by atoms with van der Waals surface area (Å²) in [4.78, 5) is 12.3. The maximum absolute atomic E-state index is 10.9. The summed E-state index contributed by atoms with van der Waals surface area (Å²) in [5, 5.41) is 8.99. The standard InChI is InChI=1S/C17H24BNO5/c1-16(2)17(3,4)24-18(23-16)12-5-7-14(8-6-12)22-11-13-9-10-19(13)15(20)21/h5-8,13H,9-11H2,1-4H3,(H,20,21)/t13-/m0/s1. The Labute approximate surface area is 142 Å². The van der Waals surface area contributed by atoms with Crippen LogP contribution in [0.3, 0.4) is 0 Å². The summed E-state index contributed by atoms with van der Waals surface area (Å²) < 4.78 is 17.7. The van der Waals surface area contributed by atoms with Gasteiger partial charge >= 0.3 is 13.2 Å². The topological polar surface area (TPSA) is 68.2 Å². The molecule has 24 heavy (non-hydrogen) atoms. The van der Waals surface area contributed by atoms with E-state index < -0.39 is 13.2 Å². The minimum Gasteiger partial charge on any atom is -0.491 e. The molecule has 0 radical (unpaired) electrons. The van der Waals surface area contributed by atoms with Crippen molar-refractivity contribution in [2.24, 2.45) is 0 Å². The lowest BCUT2D eigenvalue weighted by molar-refractivity contribution is 0.00578. The number of nitrogens with zero attached hydrogens (tertiary/aromatic N) is 1. The summed E-state index contributed by atoms with van der Waals surface area (Å²) >= 11 is 0. The van der Waals surface area contributed by atoms with Gasteiger partial charge in [-0.3, -0.25) is 0 Å². The highest BCUT2D eigenvalue weighted by Crippen LogP contribution is 2.36. The Bertz CT molecular complexity index is 600. The minimum atomic E-state index is -0.883. The lowest BCUT2D eigenvalue weighted by Gasteiger charge is -2.38. The third-order valence-electron chi connectivity index (χ3n) is 5.24. The Balaban J connectivity index is 1.58. The van der Waals surface area contributed by atoms with E-state index in [0.29, 0.717) is 18.9 Å². The molecule has 2 fully saturated rings. The van der Waals surface area contributed by atoms with E-state index in [-0.39, 0.29) is 17.2 Å². The van der Waals surface area contributed by atoms with Gasteiger partial charge in [0.1, 0.15) is 12.4 Å².